The Balaban J connectivity index is 1.93. The zero-order valence-corrected chi connectivity index (χ0v) is 16.6. The molecule has 29 heavy (non-hydrogen) atoms. The third kappa shape index (κ3) is 3.08. The van der Waals surface area contributed by atoms with Gasteiger partial charge >= 0.3 is 0 Å². The molecule has 0 aliphatic heterocycles. The number of rotatable bonds is 3. The van der Waals surface area contributed by atoms with Gasteiger partial charge in [0, 0.05) is 5.69 Å². The molecule has 0 fully saturated rings. The molecule has 0 amide bonds. The van der Waals surface area contributed by atoms with E-state index in [-0.39, 0.29) is 11.1 Å². The summed E-state index contributed by atoms with van der Waals surface area (Å²) in [5.74, 6) is 0. The van der Waals surface area contributed by atoms with Crippen LogP contribution in [0.5, 0.6) is 0 Å². The zero-order chi connectivity index (χ0) is 20.7. The van der Waals surface area contributed by atoms with E-state index in [1.165, 1.54) is 9.36 Å². The number of hydrogen-bond acceptors (Lipinski definition) is 2. The van der Waals surface area contributed by atoms with E-state index >= 15 is 0 Å². The lowest BCUT2D eigenvalue weighted by atomic mass is 10.2. The number of H-pyrrole nitrogens is 2. The number of para-hydroxylation sites is 2. The summed E-state index contributed by atoms with van der Waals surface area (Å²) in [6.07, 6.45) is 1.61. The van der Waals surface area contributed by atoms with Gasteiger partial charge in [-0.15, -0.1) is 0 Å². The average Bonchev–Trinajstić information content (AvgIpc) is 3.13. The van der Waals surface area contributed by atoms with Crippen LogP contribution in [0.1, 0.15) is 22.4 Å². The molecule has 0 aliphatic carbocycles. The Morgan fingerprint density at radius 1 is 0.793 bits per heavy atom. The second kappa shape index (κ2) is 6.98. The van der Waals surface area contributed by atoms with E-state index in [0.29, 0.717) is 21.8 Å². The van der Waals surface area contributed by atoms with Gasteiger partial charge in [-0.3, -0.25) is 19.8 Å². The van der Waals surface area contributed by atoms with Crippen molar-refractivity contribution in [1.82, 2.24) is 19.6 Å². The summed E-state index contributed by atoms with van der Waals surface area (Å²) in [5.41, 5.74) is 4.13. The number of aromatic nitrogens is 4. The summed E-state index contributed by atoms with van der Waals surface area (Å²) >= 11 is 0. The molecule has 6 nitrogen and oxygen atoms in total. The highest BCUT2D eigenvalue weighted by atomic mass is 16.1. The molecule has 146 valence electrons. The quantitative estimate of drug-likeness (QED) is 0.563. The normalized spacial score (nSPS) is 11.9. The lowest BCUT2D eigenvalue weighted by Crippen LogP contribution is -2.34. The second-order valence-electron chi connectivity index (χ2n) is 7.15. The van der Waals surface area contributed by atoms with E-state index in [1.54, 1.807) is 6.08 Å². The molecule has 0 atom stereocenters. The van der Waals surface area contributed by atoms with Gasteiger partial charge in [-0.1, -0.05) is 43.0 Å². The van der Waals surface area contributed by atoms with Gasteiger partial charge < -0.3 is 0 Å². The Morgan fingerprint density at radius 2 is 1.31 bits per heavy atom. The largest absolute Gasteiger partial charge is 0.295 e. The summed E-state index contributed by atoms with van der Waals surface area (Å²) in [7, 11) is 0. The minimum absolute atomic E-state index is 0.209. The monoisotopic (exact) mass is 386 g/mol. The van der Waals surface area contributed by atoms with Gasteiger partial charge in [0.15, 0.2) is 0 Å². The zero-order valence-electron chi connectivity index (χ0n) is 16.6. The highest BCUT2D eigenvalue weighted by Gasteiger charge is 2.13. The fraction of sp³-hybridized carbons (Fsp3) is 0.130. The third-order valence-electron chi connectivity index (χ3n) is 5.12. The van der Waals surface area contributed by atoms with Gasteiger partial charge in [0.2, 0.25) is 0 Å². The highest BCUT2D eigenvalue weighted by Crippen LogP contribution is 2.12. The highest BCUT2D eigenvalue weighted by molar-refractivity contribution is 5.53. The van der Waals surface area contributed by atoms with E-state index in [0.717, 1.165) is 22.5 Å². The Morgan fingerprint density at radius 3 is 1.86 bits per heavy atom. The SMILES string of the molecule is C=c1[nH]n(-c2ccccc2C)c(=O)/c1=C/c1c(C)[nH]n(-c2ccccc2C)c1=O. The molecule has 4 rings (SSSR count). The maximum Gasteiger partial charge on any atom is 0.279 e. The molecule has 2 aromatic heterocycles. The molecule has 2 aromatic carbocycles. The lowest BCUT2D eigenvalue weighted by Gasteiger charge is -2.04. The van der Waals surface area contributed by atoms with E-state index < -0.39 is 0 Å². The van der Waals surface area contributed by atoms with Gasteiger partial charge in [-0.05, 0) is 50.1 Å². The molecular formula is C23H22N4O2. The molecule has 2 heterocycles. The van der Waals surface area contributed by atoms with Crippen molar-refractivity contribution >= 4 is 12.7 Å². The molecule has 0 spiro atoms. The van der Waals surface area contributed by atoms with Crippen LogP contribution in [-0.4, -0.2) is 19.6 Å². The summed E-state index contributed by atoms with van der Waals surface area (Å²) in [4.78, 5) is 26.1. The van der Waals surface area contributed by atoms with E-state index in [2.05, 4.69) is 16.8 Å². The fourth-order valence-corrected chi connectivity index (χ4v) is 3.49. The predicted octanol–water partition coefficient (Wildman–Crippen LogP) is 1.81. The molecule has 0 unspecified atom stereocenters. The minimum atomic E-state index is -0.244. The van der Waals surface area contributed by atoms with Gasteiger partial charge in [0.25, 0.3) is 11.1 Å². The molecule has 0 saturated heterocycles. The van der Waals surface area contributed by atoms with Crippen molar-refractivity contribution in [2.75, 3.05) is 0 Å². The van der Waals surface area contributed by atoms with Gasteiger partial charge in [0.1, 0.15) is 0 Å². The molecule has 6 heteroatoms. The van der Waals surface area contributed by atoms with Crippen LogP contribution in [0, 0.1) is 20.8 Å². The molecule has 0 bridgehead atoms. The van der Waals surface area contributed by atoms with Gasteiger partial charge in [0.05, 0.1) is 27.5 Å². The third-order valence-corrected chi connectivity index (χ3v) is 5.12. The van der Waals surface area contributed by atoms with E-state index in [1.807, 2.05) is 69.3 Å². The van der Waals surface area contributed by atoms with Crippen molar-refractivity contribution in [3.05, 3.63) is 102 Å². The molecule has 0 radical (unpaired) electrons. The van der Waals surface area contributed by atoms with Crippen LogP contribution in [0.4, 0.5) is 0 Å². The molecule has 0 aliphatic rings. The number of aromatic amines is 2. The average molecular weight is 386 g/mol. The first-order chi connectivity index (χ1) is 13.9. The van der Waals surface area contributed by atoms with Gasteiger partial charge in [-0.2, -0.15) is 0 Å². The molecule has 4 aromatic rings. The first-order valence-corrected chi connectivity index (χ1v) is 9.34. The van der Waals surface area contributed by atoms with Crippen molar-refractivity contribution in [3.8, 4) is 11.4 Å². The van der Waals surface area contributed by atoms with Crippen molar-refractivity contribution in [3.63, 3.8) is 0 Å². The van der Waals surface area contributed by atoms with Crippen LogP contribution >= 0.6 is 0 Å². The topological polar surface area (TPSA) is 75.6 Å². The van der Waals surface area contributed by atoms with Crippen molar-refractivity contribution < 1.29 is 0 Å². The standard InChI is InChI=1S/C23H22N4O2/c1-14-9-5-7-11-20(14)26-22(28)18(16(3)24-26)13-19-17(4)25-27(23(19)29)21-12-8-6-10-15(21)2/h5-13,24-25H,3H2,1-2,4H3/b18-13+. The predicted molar refractivity (Wildman–Crippen MR) is 115 cm³/mol. The van der Waals surface area contributed by atoms with Crippen LogP contribution in [0.25, 0.3) is 24.0 Å². The van der Waals surface area contributed by atoms with Crippen LogP contribution in [0.3, 0.4) is 0 Å². The van der Waals surface area contributed by atoms with Crippen molar-refractivity contribution in [2.24, 2.45) is 0 Å². The first-order valence-electron chi connectivity index (χ1n) is 9.34. The second-order valence-corrected chi connectivity index (χ2v) is 7.15. The van der Waals surface area contributed by atoms with E-state index in [4.69, 9.17) is 0 Å². The van der Waals surface area contributed by atoms with Crippen LogP contribution in [0.2, 0.25) is 0 Å². The minimum Gasteiger partial charge on any atom is -0.295 e. The van der Waals surface area contributed by atoms with Crippen LogP contribution in [-0.2, 0) is 0 Å². The Labute approximate surface area is 167 Å². The lowest BCUT2D eigenvalue weighted by molar-refractivity contribution is 0.829. The number of hydrogen-bond donors (Lipinski definition) is 2. The smallest absolute Gasteiger partial charge is 0.279 e. The number of aryl methyl sites for hydroxylation is 3. The fourth-order valence-electron chi connectivity index (χ4n) is 3.49. The Hall–Kier alpha value is -3.80. The Bertz CT molecular complexity index is 1450. The van der Waals surface area contributed by atoms with E-state index in [9.17, 15) is 9.59 Å². The summed E-state index contributed by atoms with van der Waals surface area (Å²) in [5, 5.41) is 6.95. The molecule has 2 N–H and O–H groups in total. The van der Waals surface area contributed by atoms with Crippen LogP contribution < -0.4 is 21.7 Å². The van der Waals surface area contributed by atoms with Crippen molar-refractivity contribution in [2.45, 2.75) is 20.8 Å². The first kappa shape index (κ1) is 18.6. The summed E-state index contributed by atoms with van der Waals surface area (Å²) < 4.78 is 2.97. The van der Waals surface area contributed by atoms with Crippen molar-refractivity contribution in [1.29, 1.82) is 0 Å². The summed E-state index contributed by atoms with van der Waals surface area (Å²) in [6.45, 7) is 9.67. The maximum absolute atomic E-state index is 13.1. The van der Waals surface area contributed by atoms with Gasteiger partial charge in [-0.25, -0.2) is 9.36 Å². The number of nitrogens with zero attached hydrogens (tertiary/aromatic N) is 2. The Kier molecular flexibility index (Phi) is 4.47. The van der Waals surface area contributed by atoms with Crippen LogP contribution in [0.15, 0.2) is 58.1 Å². The number of benzene rings is 2. The molecule has 0 saturated carbocycles. The maximum atomic E-state index is 13.1. The summed E-state index contributed by atoms with van der Waals surface area (Å²) in [6, 6.07) is 15.2. The molecular weight excluding hydrogens is 364 g/mol. The number of nitrogens with one attached hydrogen (secondary N) is 2.